The molecule has 3 fully saturated rings. The van der Waals surface area contributed by atoms with E-state index < -0.39 is 5.97 Å². The molecule has 6 heterocycles. The van der Waals surface area contributed by atoms with E-state index in [1.54, 1.807) is 6.07 Å². The van der Waals surface area contributed by atoms with Gasteiger partial charge in [-0.1, -0.05) is 6.42 Å². The van der Waals surface area contributed by atoms with E-state index >= 15 is 0 Å². The zero-order valence-corrected chi connectivity index (χ0v) is 23.6. The molecule has 0 bridgehead atoms. The Labute approximate surface area is 245 Å². The van der Waals surface area contributed by atoms with Crippen molar-refractivity contribution in [3.05, 3.63) is 59.7 Å². The van der Waals surface area contributed by atoms with Crippen LogP contribution in [-0.4, -0.2) is 71.5 Å². The number of aromatic nitrogens is 2. The number of anilines is 2. The van der Waals surface area contributed by atoms with Gasteiger partial charge >= 0.3 is 5.97 Å². The second-order valence-electron chi connectivity index (χ2n) is 11.7. The smallest absolute Gasteiger partial charge is 0.354 e. The van der Waals surface area contributed by atoms with Crippen molar-refractivity contribution in [2.24, 2.45) is 11.8 Å². The number of rotatable bonds is 6. The maximum Gasteiger partial charge on any atom is 0.354 e. The molecule has 0 radical (unpaired) electrons. The number of hydrogen-bond donors (Lipinski definition) is 3. The zero-order valence-electron chi connectivity index (χ0n) is 23.6. The molecule has 0 spiro atoms. The van der Waals surface area contributed by atoms with E-state index in [2.05, 4.69) is 32.7 Å². The van der Waals surface area contributed by atoms with Crippen LogP contribution in [0.4, 0.5) is 11.6 Å². The van der Waals surface area contributed by atoms with E-state index in [4.69, 9.17) is 14.7 Å². The summed E-state index contributed by atoms with van der Waals surface area (Å²) in [5.74, 6) is 1.02. The fourth-order valence-electron chi connectivity index (χ4n) is 6.63. The number of hydrazine groups is 1. The average molecular weight is 569 g/mol. The number of allylic oxidation sites excluding steroid dienone is 1. The molecule has 0 amide bonds. The molecular weight excluding hydrogens is 532 g/mol. The molecule has 0 aromatic carbocycles. The minimum absolute atomic E-state index is 0.00991. The summed E-state index contributed by atoms with van der Waals surface area (Å²) < 4.78 is 5.55. The minimum Gasteiger partial charge on any atom is -0.477 e. The Balaban J connectivity index is 1.25. The summed E-state index contributed by atoms with van der Waals surface area (Å²) in [5.41, 5.74) is 7.44. The summed E-state index contributed by atoms with van der Waals surface area (Å²) in [6, 6.07) is 8.16. The number of pyridine rings is 2. The van der Waals surface area contributed by atoms with Gasteiger partial charge in [-0.15, -0.1) is 0 Å². The average Bonchev–Trinajstić information content (AvgIpc) is 3.39. The van der Waals surface area contributed by atoms with E-state index in [1.165, 1.54) is 6.42 Å². The highest BCUT2D eigenvalue weighted by Gasteiger charge is 2.41. The first-order valence-corrected chi connectivity index (χ1v) is 15.0. The molecule has 2 saturated heterocycles. The maximum atomic E-state index is 12.3. The third-order valence-electron chi connectivity index (χ3n) is 9.28. The summed E-state index contributed by atoms with van der Waals surface area (Å²) in [4.78, 5) is 26.4. The zero-order chi connectivity index (χ0) is 28.6. The Kier molecular flexibility index (Phi) is 7.27. The Morgan fingerprint density at radius 1 is 1.12 bits per heavy atom. The number of ether oxygens (including phenoxy) is 1. The van der Waals surface area contributed by atoms with Crippen molar-refractivity contribution in [1.29, 1.82) is 5.26 Å². The van der Waals surface area contributed by atoms with Crippen LogP contribution < -0.4 is 20.7 Å². The number of nitrogens with zero attached hydrogens (tertiary/aromatic N) is 6. The second kappa shape index (κ2) is 11.4. The fourth-order valence-corrected chi connectivity index (χ4v) is 6.63. The molecule has 1 saturated carbocycles. The number of aromatic carboxylic acids is 1. The number of hydrogen-bond acceptors (Lipinski definition) is 10. The Bertz CT molecular complexity index is 1430. The molecule has 11 nitrogen and oxygen atoms in total. The van der Waals surface area contributed by atoms with Crippen molar-refractivity contribution >= 4 is 17.6 Å². The van der Waals surface area contributed by atoms with Gasteiger partial charge in [-0.05, 0) is 67.5 Å². The van der Waals surface area contributed by atoms with Crippen LogP contribution in [0.3, 0.4) is 0 Å². The topological polar surface area (TPSA) is 130 Å². The van der Waals surface area contributed by atoms with Gasteiger partial charge in [-0.3, -0.25) is 9.91 Å². The molecule has 2 aromatic heterocycles. The number of nitrogens with one attached hydrogen (secondary N) is 2. The molecule has 5 aliphatic rings. The SMILES string of the molecule is N#CC1CCN(c2ccc(-c3cc(C(=O)O)nc4c3C(C3CCC3)NN4C3=CC(N4CCOCC4)NC=C3)cn2)CC1. The van der Waals surface area contributed by atoms with Gasteiger partial charge in [0.15, 0.2) is 11.5 Å². The third-order valence-corrected chi connectivity index (χ3v) is 9.28. The summed E-state index contributed by atoms with van der Waals surface area (Å²) in [5, 5.41) is 24.8. The summed E-state index contributed by atoms with van der Waals surface area (Å²) >= 11 is 0. The van der Waals surface area contributed by atoms with Crippen LogP contribution in [0.5, 0.6) is 0 Å². The second-order valence-corrected chi connectivity index (χ2v) is 11.7. The lowest BCUT2D eigenvalue weighted by molar-refractivity contribution is 0.0216. The number of carbonyl (C=O) groups is 1. The molecule has 2 atom stereocenters. The largest absolute Gasteiger partial charge is 0.477 e. The molecule has 3 N–H and O–H groups in total. The van der Waals surface area contributed by atoms with Gasteiger partial charge in [-0.25, -0.2) is 20.2 Å². The molecule has 2 unspecified atom stereocenters. The van der Waals surface area contributed by atoms with Crippen molar-refractivity contribution in [2.45, 2.75) is 44.3 Å². The molecular formula is C31H36N8O3. The molecule has 42 heavy (non-hydrogen) atoms. The molecule has 2 aromatic rings. The number of piperidine rings is 1. The lowest BCUT2D eigenvalue weighted by Gasteiger charge is -2.36. The van der Waals surface area contributed by atoms with Crippen LogP contribution in [0.2, 0.25) is 0 Å². The predicted molar refractivity (Wildman–Crippen MR) is 157 cm³/mol. The first-order chi connectivity index (χ1) is 20.6. The highest BCUT2D eigenvalue weighted by molar-refractivity contribution is 5.90. The first kappa shape index (κ1) is 26.9. The van der Waals surface area contributed by atoms with E-state index in [-0.39, 0.29) is 23.8 Å². The standard InChI is InChI=1S/C31H36N8O3/c32-18-20-7-10-37(11-8-20)26-5-4-22(19-34-26)24-17-25(31(40)41)35-30-28(24)29(21-2-1-3-21)36-39(30)23-6-9-33-27(16-23)38-12-14-42-15-13-38/h4-6,9,16-17,19-21,27,29,33,36H,1-3,7-8,10-15H2,(H,40,41). The molecule has 11 heteroatoms. The number of carboxylic acids is 1. The fraction of sp³-hybridized carbons (Fsp3) is 0.484. The van der Waals surface area contributed by atoms with Gasteiger partial charge in [0.05, 0.1) is 31.0 Å². The Morgan fingerprint density at radius 3 is 2.60 bits per heavy atom. The number of carboxylic acid groups (broad SMARTS) is 1. The summed E-state index contributed by atoms with van der Waals surface area (Å²) in [6.07, 6.45) is 13.1. The van der Waals surface area contributed by atoms with Crippen molar-refractivity contribution in [1.82, 2.24) is 25.6 Å². The van der Waals surface area contributed by atoms with Gasteiger partial charge in [0.1, 0.15) is 12.0 Å². The summed E-state index contributed by atoms with van der Waals surface area (Å²) in [6.45, 7) is 4.71. The van der Waals surface area contributed by atoms with Crippen molar-refractivity contribution in [3.63, 3.8) is 0 Å². The van der Waals surface area contributed by atoms with Crippen LogP contribution in [0, 0.1) is 23.2 Å². The molecule has 1 aliphatic carbocycles. The maximum absolute atomic E-state index is 12.3. The van der Waals surface area contributed by atoms with Crippen molar-refractivity contribution in [3.8, 4) is 17.2 Å². The molecule has 218 valence electrons. The molecule has 4 aliphatic heterocycles. The van der Waals surface area contributed by atoms with Crippen LogP contribution in [-0.2, 0) is 4.74 Å². The van der Waals surface area contributed by atoms with Crippen LogP contribution in [0.1, 0.15) is 54.2 Å². The normalized spacial score (nSPS) is 24.9. The van der Waals surface area contributed by atoms with Gasteiger partial charge in [-0.2, -0.15) is 5.26 Å². The van der Waals surface area contributed by atoms with Crippen LogP contribution in [0.15, 0.2) is 48.4 Å². The Morgan fingerprint density at radius 2 is 1.93 bits per heavy atom. The predicted octanol–water partition coefficient (Wildman–Crippen LogP) is 3.41. The highest BCUT2D eigenvalue weighted by Crippen LogP contribution is 2.49. The van der Waals surface area contributed by atoms with Gasteiger partial charge in [0.2, 0.25) is 0 Å². The van der Waals surface area contributed by atoms with Crippen molar-refractivity contribution in [2.75, 3.05) is 49.3 Å². The Hall–Kier alpha value is -3.98. The van der Waals surface area contributed by atoms with E-state index in [1.807, 2.05) is 35.6 Å². The minimum atomic E-state index is -1.06. The van der Waals surface area contributed by atoms with E-state index in [9.17, 15) is 15.2 Å². The van der Waals surface area contributed by atoms with Gasteiger partial charge in [0, 0.05) is 55.6 Å². The van der Waals surface area contributed by atoms with Gasteiger partial charge < -0.3 is 20.1 Å². The first-order valence-electron chi connectivity index (χ1n) is 15.0. The number of nitriles is 1. The van der Waals surface area contributed by atoms with E-state index in [0.717, 1.165) is 80.1 Å². The monoisotopic (exact) mass is 568 g/mol. The van der Waals surface area contributed by atoms with E-state index in [0.29, 0.717) is 24.9 Å². The van der Waals surface area contributed by atoms with Crippen LogP contribution >= 0.6 is 0 Å². The summed E-state index contributed by atoms with van der Waals surface area (Å²) in [7, 11) is 0. The highest BCUT2D eigenvalue weighted by atomic mass is 16.5. The van der Waals surface area contributed by atoms with Gasteiger partial charge in [0.25, 0.3) is 0 Å². The molecule has 7 rings (SSSR count). The van der Waals surface area contributed by atoms with Crippen molar-refractivity contribution < 1.29 is 14.6 Å². The quantitative estimate of drug-likeness (QED) is 0.474. The number of fused-ring (bicyclic) bond motifs is 1. The van der Waals surface area contributed by atoms with Crippen LogP contribution in [0.25, 0.3) is 11.1 Å². The third kappa shape index (κ3) is 5.00. The lowest BCUT2D eigenvalue weighted by atomic mass is 9.76. The lowest BCUT2D eigenvalue weighted by Crippen LogP contribution is -2.50. The number of dihydropyridines is 1. The number of morpholine rings is 1.